The smallest absolute Gasteiger partial charge is 0.0573 e. The molecule has 1 aromatic rings. The Morgan fingerprint density at radius 3 is 2.95 bits per heavy atom. The van der Waals surface area contributed by atoms with Crippen LogP contribution in [-0.4, -0.2) is 42.8 Å². The number of nitrogens with zero attached hydrogens (tertiary/aromatic N) is 3. The SMILES string of the molecule is CN/C=C(C)\N=C\CN(CCCCN)Cc1ncccc1C. The molecule has 0 aromatic carbocycles. The molecule has 0 aliphatic carbocycles. The van der Waals surface area contributed by atoms with Crippen molar-refractivity contribution in [2.75, 3.05) is 26.7 Å². The van der Waals surface area contributed by atoms with Crippen LogP contribution in [0.5, 0.6) is 0 Å². The van der Waals surface area contributed by atoms with Gasteiger partial charge in [-0.15, -0.1) is 0 Å². The van der Waals surface area contributed by atoms with Crippen LogP contribution in [0.3, 0.4) is 0 Å². The molecule has 0 spiro atoms. The van der Waals surface area contributed by atoms with Gasteiger partial charge >= 0.3 is 0 Å². The van der Waals surface area contributed by atoms with E-state index in [4.69, 9.17) is 5.73 Å². The summed E-state index contributed by atoms with van der Waals surface area (Å²) < 4.78 is 0. The molecule has 0 aliphatic rings. The minimum Gasteiger partial charge on any atom is -0.393 e. The second kappa shape index (κ2) is 10.9. The Hall–Kier alpha value is -1.72. The second-order valence-corrected chi connectivity index (χ2v) is 5.38. The summed E-state index contributed by atoms with van der Waals surface area (Å²) in [6.07, 6.45) is 7.85. The molecule has 5 heteroatoms. The lowest BCUT2D eigenvalue weighted by Gasteiger charge is -2.20. The molecule has 0 amide bonds. The summed E-state index contributed by atoms with van der Waals surface area (Å²) in [6, 6.07) is 4.08. The van der Waals surface area contributed by atoms with E-state index < -0.39 is 0 Å². The van der Waals surface area contributed by atoms with Gasteiger partial charge in [0.25, 0.3) is 0 Å². The zero-order valence-corrected chi connectivity index (χ0v) is 14.0. The van der Waals surface area contributed by atoms with Crippen molar-refractivity contribution >= 4 is 6.21 Å². The lowest BCUT2D eigenvalue weighted by Crippen LogP contribution is -2.27. The number of hydrogen-bond acceptors (Lipinski definition) is 5. The van der Waals surface area contributed by atoms with E-state index >= 15 is 0 Å². The molecule has 0 unspecified atom stereocenters. The topological polar surface area (TPSA) is 66.5 Å². The molecule has 122 valence electrons. The van der Waals surface area contributed by atoms with Crippen molar-refractivity contribution in [1.82, 2.24) is 15.2 Å². The third-order valence-corrected chi connectivity index (χ3v) is 3.41. The fourth-order valence-corrected chi connectivity index (χ4v) is 2.16. The largest absolute Gasteiger partial charge is 0.393 e. The number of aliphatic imine (C=N–C) groups is 1. The number of aryl methyl sites for hydroxylation is 1. The summed E-state index contributed by atoms with van der Waals surface area (Å²) >= 11 is 0. The van der Waals surface area contributed by atoms with E-state index in [9.17, 15) is 0 Å². The summed E-state index contributed by atoms with van der Waals surface area (Å²) in [6.45, 7) is 7.50. The molecular weight excluding hydrogens is 274 g/mol. The highest BCUT2D eigenvalue weighted by Gasteiger charge is 2.07. The average molecular weight is 303 g/mol. The fourth-order valence-electron chi connectivity index (χ4n) is 2.16. The Bertz CT molecular complexity index is 482. The van der Waals surface area contributed by atoms with E-state index in [0.29, 0.717) is 0 Å². The molecule has 0 fully saturated rings. The monoisotopic (exact) mass is 303 g/mol. The van der Waals surface area contributed by atoms with E-state index in [-0.39, 0.29) is 0 Å². The summed E-state index contributed by atoms with van der Waals surface area (Å²) in [5.74, 6) is 0. The highest BCUT2D eigenvalue weighted by molar-refractivity contribution is 5.61. The van der Waals surface area contributed by atoms with Crippen molar-refractivity contribution < 1.29 is 0 Å². The van der Waals surface area contributed by atoms with Gasteiger partial charge in [-0.2, -0.15) is 0 Å². The van der Waals surface area contributed by atoms with E-state index in [0.717, 1.165) is 50.4 Å². The van der Waals surface area contributed by atoms with Gasteiger partial charge in [0, 0.05) is 38.7 Å². The average Bonchev–Trinajstić information content (AvgIpc) is 2.50. The number of unbranched alkanes of at least 4 members (excludes halogenated alkanes) is 1. The normalized spacial score (nSPS) is 12.3. The molecule has 1 aromatic heterocycles. The fraction of sp³-hybridized carbons (Fsp3) is 0.529. The minimum absolute atomic E-state index is 0.745. The van der Waals surface area contributed by atoms with Gasteiger partial charge in [0.15, 0.2) is 0 Å². The summed E-state index contributed by atoms with van der Waals surface area (Å²) in [4.78, 5) is 11.3. The van der Waals surface area contributed by atoms with Crippen LogP contribution in [0.25, 0.3) is 0 Å². The van der Waals surface area contributed by atoms with Gasteiger partial charge in [-0.25, -0.2) is 0 Å². The Kier molecular flexibility index (Phi) is 9.11. The van der Waals surface area contributed by atoms with Crippen molar-refractivity contribution in [3.8, 4) is 0 Å². The van der Waals surface area contributed by atoms with Gasteiger partial charge < -0.3 is 11.1 Å². The van der Waals surface area contributed by atoms with Crippen LogP contribution >= 0.6 is 0 Å². The first-order valence-electron chi connectivity index (χ1n) is 7.87. The number of pyridine rings is 1. The summed E-state index contributed by atoms with van der Waals surface area (Å²) in [5, 5.41) is 2.98. The lowest BCUT2D eigenvalue weighted by atomic mass is 10.2. The zero-order chi connectivity index (χ0) is 16.2. The van der Waals surface area contributed by atoms with Crippen LogP contribution in [0.1, 0.15) is 31.0 Å². The number of nitrogens with one attached hydrogen (secondary N) is 1. The van der Waals surface area contributed by atoms with Crippen LogP contribution in [0.2, 0.25) is 0 Å². The molecule has 0 radical (unpaired) electrons. The standard InChI is InChI=1S/C17H29N5/c1-15-7-6-9-21-17(15)14-22(11-5-4-8-18)12-10-20-16(2)13-19-3/h6-7,9-10,13,19H,4-5,8,11-12,14,18H2,1-3H3/b16-13-,20-10+. The van der Waals surface area contributed by atoms with Gasteiger partial charge in [-0.1, -0.05) is 6.07 Å². The molecule has 22 heavy (non-hydrogen) atoms. The maximum Gasteiger partial charge on any atom is 0.0573 e. The van der Waals surface area contributed by atoms with Gasteiger partial charge in [0.2, 0.25) is 0 Å². The lowest BCUT2D eigenvalue weighted by molar-refractivity contribution is 0.295. The summed E-state index contributed by atoms with van der Waals surface area (Å²) in [7, 11) is 1.88. The Morgan fingerprint density at radius 1 is 1.45 bits per heavy atom. The molecule has 3 N–H and O–H groups in total. The van der Waals surface area contributed by atoms with Crippen LogP contribution < -0.4 is 11.1 Å². The second-order valence-electron chi connectivity index (χ2n) is 5.38. The molecule has 1 rings (SSSR count). The maximum absolute atomic E-state index is 5.59. The predicted octanol–water partition coefficient (Wildman–Crippen LogP) is 2.08. The van der Waals surface area contributed by atoms with Gasteiger partial charge in [0.05, 0.1) is 11.4 Å². The zero-order valence-electron chi connectivity index (χ0n) is 14.0. The van der Waals surface area contributed by atoms with Crippen molar-refractivity contribution in [3.63, 3.8) is 0 Å². The number of hydrogen-bond donors (Lipinski definition) is 2. The van der Waals surface area contributed by atoms with Crippen molar-refractivity contribution in [1.29, 1.82) is 0 Å². The van der Waals surface area contributed by atoms with E-state index in [1.165, 1.54) is 5.56 Å². The molecule has 5 nitrogen and oxygen atoms in total. The van der Waals surface area contributed by atoms with Gasteiger partial charge in [0.1, 0.15) is 0 Å². The third kappa shape index (κ3) is 7.33. The van der Waals surface area contributed by atoms with Gasteiger partial charge in [-0.3, -0.25) is 14.9 Å². The van der Waals surface area contributed by atoms with Crippen molar-refractivity contribution in [2.45, 2.75) is 33.2 Å². The number of allylic oxidation sites excluding steroid dienone is 1. The predicted molar refractivity (Wildman–Crippen MR) is 93.8 cm³/mol. The highest BCUT2D eigenvalue weighted by atomic mass is 15.1. The number of aromatic nitrogens is 1. The Labute approximate surface area is 134 Å². The van der Waals surface area contributed by atoms with E-state index in [2.05, 4.69) is 33.2 Å². The number of nitrogens with two attached hydrogens (primary N) is 1. The number of rotatable bonds is 10. The molecule has 0 saturated heterocycles. The van der Waals surface area contributed by atoms with Crippen LogP contribution in [0, 0.1) is 6.92 Å². The molecule has 0 bridgehead atoms. The van der Waals surface area contributed by atoms with Crippen LogP contribution in [-0.2, 0) is 6.54 Å². The first-order valence-corrected chi connectivity index (χ1v) is 7.87. The van der Waals surface area contributed by atoms with Gasteiger partial charge in [-0.05, 0) is 51.4 Å². The highest BCUT2D eigenvalue weighted by Crippen LogP contribution is 2.08. The molecule has 1 heterocycles. The maximum atomic E-state index is 5.59. The Balaban J connectivity index is 2.63. The molecule has 0 saturated carbocycles. The molecule has 0 atom stereocenters. The first kappa shape index (κ1) is 18.3. The minimum atomic E-state index is 0.745. The molecule has 0 aliphatic heterocycles. The quantitative estimate of drug-likeness (QED) is 0.513. The summed E-state index contributed by atoms with van der Waals surface area (Å²) in [5.41, 5.74) is 8.93. The van der Waals surface area contributed by atoms with Crippen molar-refractivity contribution in [3.05, 3.63) is 41.5 Å². The van der Waals surface area contributed by atoms with E-state index in [1.54, 1.807) is 0 Å². The third-order valence-electron chi connectivity index (χ3n) is 3.41. The van der Waals surface area contributed by atoms with Crippen LogP contribution in [0.15, 0.2) is 35.2 Å². The first-order chi connectivity index (χ1) is 10.7. The Morgan fingerprint density at radius 2 is 2.27 bits per heavy atom. The van der Waals surface area contributed by atoms with Crippen LogP contribution in [0.4, 0.5) is 0 Å². The molecular formula is C17H29N5. The van der Waals surface area contributed by atoms with Crippen molar-refractivity contribution in [2.24, 2.45) is 10.7 Å². The van der Waals surface area contributed by atoms with E-state index in [1.807, 2.05) is 38.6 Å².